The molecule has 6 N–H and O–H groups in total. The van der Waals surface area contributed by atoms with Crippen LogP contribution in [0.15, 0.2) is 48.7 Å². The van der Waals surface area contributed by atoms with Crippen LogP contribution >= 0.6 is 11.8 Å². The van der Waals surface area contributed by atoms with Crippen molar-refractivity contribution < 1.29 is 56.4 Å². The predicted molar refractivity (Wildman–Crippen MR) is 240 cm³/mol. The first-order valence-corrected chi connectivity index (χ1v) is 23.6. The van der Waals surface area contributed by atoms with Crippen LogP contribution in [-0.4, -0.2) is 140 Å². The zero-order valence-electron chi connectivity index (χ0n) is 37.2. The molecule has 0 spiro atoms. The molecule has 18 nitrogen and oxygen atoms in total. The van der Waals surface area contributed by atoms with Crippen molar-refractivity contribution >= 4 is 41.2 Å². The molecule has 0 aliphatic carbocycles. The minimum Gasteiger partial charge on any atom is -0.480 e. The first kappa shape index (κ1) is 51.9. The van der Waals surface area contributed by atoms with Crippen molar-refractivity contribution in [3.63, 3.8) is 0 Å². The molecule has 362 valence electrons. The van der Waals surface area contributed by atoms with Gasteiger partial charge in [-0.1, -0.05) is 23.8 Å². The number of hydrogen-bond acceptors (Lipinski definition) is 14. The molecule has 4 amide bonds. The van der Waals surface area contributed by atoms with Crippen LogP contribution in [-0.2, 0) is 39.9 Å². The summed E-state index contributed by atoms with van der Waals surface area (Å²) in [5.74, 6) is -2.71. The minimum atomic E-state index is -0.992. The van der Waals surface area contributed by atoms with Crippen molar-refractivity contribution in [2.45, 2.75) is 94.1 Å². The molecule has 0 saturated carbocycles. The third-order valence-corrected chi connectivity index (χ3v) is 12.3. The van der Waals surface area contributed by atoms with E-state index in [9.17, 15) is 32.8 Å². The number of ketones is 2. The zero-order valence-corrected chi connectivity index (χ0v) is 38.0. The maximum absolute atomic E-state index is 14.0. The van der Waals surface area contributed by atoms with Crippen LogP contribution in [0.3, 0.4) is 0 Å². The van der Waals surface area contributed by atoms with Gasteiger partial charge in [0.05, 0.1) is 82.8 Å². The summed E-state index contributed by atoms with van der Waals surface area (Å²) in [6.45, 7) is 2.88. The largest absolute Gasteiger partial charge is 0.480 e. The fraction of sp³-hybridized carbons (Fsp3) is 0.578. The van der Waals surface area contributed by atoms with Crippen molar-refractivity contribution in [3.8, 4) is 11.4 Å². The average molecular weight is 945 g/mol. The number of fused-ring (bicyclic) bond motifs is 1. The number of carbonyl (C=O) groups excluding carboxylic acids is 5. The van der Waals surface area contributed by atoms with Crippen molar-refractivity contribution in [1.82, 2.24) is 36.3 Å². The highest BCUT2D eigenvalue weighted by molar-refractivity contribution is 8.00. The van der Waals surface area contributed by atoms with E-state index < -0.39 is 41.7 Å². The van der Waals surface area contributed by atoms with E-state index in [0.29, 0.717) is 102 Å². The second-order valence-corrected chi connectivity index (χ2v) is 17.1. The molecule has 1 unspecified atom stereocenters. The number of para-hydroxylation sites is 1. The molecule has 66 heavy (non-hydrogen) atoms. The number of hydrogen-bond donors (Lipinski definition) is 5. The van der Waals surface area contributed by atoms with Crippen molar-refractivity contribution in [3.05, 3.63) is 71.6 Å². The van der Waals surface area contributed by atoms with Gasteiger partial charge in [0.15, 0.2) is 23.2 Å². The molecule has 0 bridgehead atoms. The van der Waals surface area contributed by atoms with Gasteiger partial charge in [0.1, 0.15) is 18.1 Å². The number of benzene rings is 2. The molecule has 3 aromatic rings. The summed E-state index contributed by atoms with van der Waals surface area (Å²) in [5.41, 5.74) is 6.81. The number of urea groups is 1. The quantitative estimate of drug-likeness (QED) is 0.0426. The number of unbranched alkanes of at least 4 members (excludes halogenated alkanes) is 2. The maximum Gasteiger partial charge on any atom is 0.315 e. The number of amides is 4. The van der Waals surface area contributed by atoms with E-state index in [4.69, 9.17) is 29.4 Å². The summed E-state index contributed by atoms with van der Waals surface area (Å²) in [4.78, 5) is 62.4. The normalized spacial score (nSPS) is 16.9. The monoisotopic (exact) mass is 944 g/mol. The Balaban J connectivity index is 0.851. The molecular weight excluding hydrogens is 883 g/mol. The van der Waals surface area contributed by atoms with Crippen LogP contribution in [0.25, 0.3) is 5.69 Å². The molecule has 1 aromatic heterocycles. The van der Waals surface area contributed by atoms with Crippen LogP contribution in [0.2, 0.25) is 0 Å². The van der Waals surface area contributed by atoms with E-state index in [1.807, 2.05) is 11.8 Å². The number of halogens is 2. The number of carbonyl (C=O) groups is 5. The molecule has 5 rings (SSSR count). The molecular formula is C45H62F2N8O10S. The van der Waals surface area contributed by atoms with Crippen molar-refractivity contribution in [2.75, 3.05) is 71.8 Å². The Morgan fingerprint density at radius 1 is 0.848 bits per heavy atom. The summed E-state index contributed by atoms with van der Waals surface area (Å²) in [5, 5.41) is 20.1. The van der Waals surface area contributed by atoms with Gasteiger partial charge in [-0.15, -0.1) is 5.10 Å². The lowest BCUT2D eigenvalue weighted by Crippen LogP contribution is -2.43. The molecule has 21 heteroatoms. The number of nitrogens with zero attached hydrogens (tertiary/aromatic N) is 3. The summed E-state index contributed by atoms with van der Waals surface area (Å²) in [6.07, 6.45) is 7.76. The molecule has 4 atom stereocenters. The molecule has 3 heterocycles. The van der Waals surface area contributed by atoms with E-state index in [2.05, 4.69) is 31.6 Å². The van der Waals surface area contributed by atoms with E-state index in [-0.39, 0.29) is 61.4 Å². The third-order valence-electron chi connectivity index (χ3n) is 10.8. The van der Waals surface area contributed by atoms with Gasteiger partial charge in [-0.2, -0.15) is 11.8 Å². The van der Waals surface area contributed by atoms with Gasteiger partial charge in [0.25, 0.3) is 5.91 Å². The second kappa shape index (κ2) is 28.9. The van der Waals surface area contributed by atoms with Crippen LogP contribution in [0.4, 0.5) is 13.6 Å². The Labute approximate surface area is 387 Å². The smallest absolute Gasteiger partial charge is 0.315 e. The van der Waals surface area contributed by atoms with Gasteiger partial charge in [-0.25, -0.2) is 18.3 Å². The Morgan fingerprint density at radius 3 is 2.29 bits per heavy atom. The van der Waals surface area contributed by atoms with Crippen LogP contribution in [0, 0.1) is 11.6 Å². The van der Waals surface area contributed by atoms with E-state index in [0.717, 1.165) is 37.1 Å². The van der Waals surface area contributed by atoms with E-state index in [1.165, 1.54) is 10.7 Å². The summed E-state index contributed by atoms with van der Waals surface area (Å²) < 4.78 is 56.8. The molecule has 2 fully saturated rings. The summed E-state index contributed by atoms with van der Waals surface area (Å²) in [6, 6.07) is 9.07. The van der Waals surface area contributed by atoms with Gasteiger partial charge in [-0.3, -0.25) is 19.2 Å². The zero-order chi connectivity index (χ0) is 46.9. The number of ether oxygens (including phenoxy) is 5. The summed E-state index contributed by atoms with van der Waals surface area (Å²) >= 11 is 1.90. The van der Waals surface area contributed by atoms with E-state index >= 15 is 0 Å². The number of thioether (sulfide) groups is 1. The topological polar surface area (TPSA) is 236 Å². The second-order valence-electron chi connectivity index (χ2n) is 15.8. The first-order chi connectivity index (χ1) is 32.1. The van der Waals surface area contributed by atoms with Gasteiger partial charge in [-0.05, 0) is 75.4 Å². The highest BCUT2D eigenvalue weighted by atomic mass is 32.2. The fourth-order valence-electron chi connectivity index (χ4n) is 7.22. The van der Waals surface area contributed by atoms with Crippen LogP contribution < -0.4 is 31.7 Å². The molecule has 2 aromatic carbocycles. The average Bonchev–Trinajstić information content (AvgIpc) is 4.04. The Morgan fingerprint density at radius 2 is 1.55 bits per heavy atom. The Kier molecular flexibility index (Phi) is 22.7. The number of rotatable bonds is 34. The molecule has 2 aliphatic heterocycles. The van der Waals surface area contributed by atoms with Gasteiger partial charge < -0.3 is 50.7 Å². The number of Topliss-reactive ketones (excluding diaryl/α,β-unsaturated/α-hetero) is 2. The Hall–Kier alpha value is -5.06. The highest BCUT2D eigenvalue weighted by Gasteiger charge is 2.42. The van der Waals surface area contributed by atoms with Gasteiger partial charge in [0.2, 0.25) is 5.91 Å². The molecule has 0 radical (unpaired) electrons. The molecule has 2 aliphatic rings. The SMILES string of the molecule is NCCCCC(NC(=O)c1cccc(-n2cc(CNC(=O)CCOCCOCCOCCOCCCC(=O)CCCC[C@@H]3SC[C@@H]4NC(=O)N[C@@H]43)nn2)c1)C(=O)COc1c(F)cccc1F. The van der Waals surface area contributed by atoms with Crippen molar-refractivity contribution in [2.24, 2.45) is 5.73 Å². The predicted octanol–water partition coefficient (Wildman–Crippen LogP) is 3.57. The first-order valence-electron chi connectivity index (χ1n) is 22.5. The van der Waals surface area contributed by atoms with E-state index in [1.54, 1.807) is 30.5 Å². The van der Waals surface area contributed by atoms with Crippen molar-refractivity contribution in [1.29, 1.82) is 0 Å². The maximum atomic E-state index is 14.0. The highest BCUT2D eigenvalue weighted by Crippen LogP contribution is 2.33. The molecule has 2 saturated heterocycles. The number of nitrogens with two attached hydrogens (primary N) is 1. The minimum absolute atomic E-state index is 0.0715. The van der Waals surface area contributed by atoms with Gasteiger partial charge >= 0.3 is 6.03 Å². The number of nitrogens with one attached hydrogen (secondary N) is 4. The van der Waals surface area contributed by atoms with Crippen LogP contribution in [0.1, 0.15) is 80.3 Å². The standard InChI is InChI=1S/C45H62F2N8O10S/c46-35-12-6-13-36(47)43(35)65-29-39(57)37(14-3-4-17-48)50-44(59)31-8-5-9-33(26-31)55-28-32(53-54-55)27-49-41(58)16-19-62-21-23-64-25-24-63-22-20-61-18-7-11-34(56)10-1-2-15-40-42-38(30-66-40)51-45(60)52-42/h5-6,8-9,12-13,26,28,37-38,40,42H,1-4,7,10-11,14-25,27,29-30,48H2,(H,49,58)(H,50,59)(H2,51,52,60)/t37?,38-,40-,42-/m0/s1. The number of aromatic nitrogens is 3. The summed E-state index contributed by atoms with van der Waals surface area (Å²) in [7, 11) is 0. The van der Waals surface area contributed by atoms with Gasteiger partial charge in [0, 0.05) is 42.4 Å². The van der Waals surface area contributed by atoms with Crippen LogP contribution in [0.5, 0.6) is 5.75 Å². The fourth-order valence-corrected chi connectivity index (χ4v) is 8.76. The lowest BCUT2D eigenvalue weighted by Gasteiger charge is -2.18. The lowest BCUT2D eigenvalue weighted by atomic mass is 10.0. The Bertz CT molecular complexity index is 1990. The third kappa shape index (κ3) is 18.0. The lowest BCUT2D eigenvalue weighted by molar-refractivity contribution is -0.123.